The van der Waals surface area contributed by atoms with E-state index in [-0.39, 0.29) is 34.9 Å². The molecule has 1 N–H and O–H groups in total. The standard InChI is InChI=1S/C24H20F4N6O/c1-12-4-16(19(30-7-12)21-31-9-15(25)10-32-21)22(35)34-11-14-5-23(14)6-17(20(23)34)33-18-3-2-13(8-29-18)24(26,27)28/h2-4,7-10,14,17,20H,5-6,11H2,1H3,(H,29,33)/t14-,17?,20?,23?/m0/s1. The van der Waals surface area contributed by atoms with Gasteiger partial charge in [0, 0.05) is 25.0 Å². The molecule has 1 amide bonds. The van der Waals surface area contributed by atoms with Crippen LogP contribution in [0.1, 0.15) is 34.3 Å². The van der Waals surface area contributed by atoms with Crippen LogP contribution in [0.25, 0.3) is 11.5 Å². The van der Waals surface area contributed by atoms with Gasteiger partial charge >= 0.3 is 6.18 Å². The lowest BCUT2D eigenvalue weighted by Gasteiger charge is -2.48. The van der Waals surface area contributed by atoms with Crippen LogP contribution in [0.5, 0.6) is 0 Å². The highest BCUT2D eigenvalue weighted by Crippen LogP contribution is 2.71. The number of aryl methyl sites for hydroxylation is 1. The number of likely N-dealkylation sites (tertiary alicyclic amines) is 1. The summed E-state index contributed by atoms with van der Waals surface area (Å²) in [5.74, 6) is 0.0968. The number of piperidine rings is 1. The van der Waals surface area contributed by atoms with Crippen LogP contribution in [0.3, 0.4) is 0 Å². The van der Waals surface area contributed by atoms with Crippen molar-refractivity contribution >= 4 is 11.7 Å². The molecule has 3 fully saturated rings. The van der Waals surface area contributed by atoms with Crippen LogP contribution < -0.4 is 5.32 Å². The Kier molecular flexibility index (Phi) is 4.64. The van der Waals surface area contributed by atoms with E-state index in [1.807, 2.05) is 11.8 Å². The number of nitrogens with one attached hydrogen (secondary N) is 1. The summed E-state index contributed by atoms with van der Waals surface area (Å²) in [4.78, 5) is 31.9. The molecule has 6 rings (SSSR count). The van der Waals surface area contributed by atoms with Crippen molar-refractivity contribution in [3.8, 4) is 11.5 Å². The van der Waals surface area contributed by atoms with Gasteiger partial charge in [-0.05, 0) is 54.9 Å². The normalized spacial score (nSPS) is 26.5. The SMILES string of the molecule is Cc1cnc(-c2ncc(F)cn2)c(C(=O)N2C[C@@H]3CC34CC(Nc3ccc(C(F)(F)F)cn3)C24)c1. The number of halogens is 4. The van der Waals surface area contributed by atoms with Crippen LogP contribution >= 0.6 is 0 Å². The third kappa shape index (κ3) is 3.52. The maximum Gasteiger partial charge on any atom is 0.417 e. The van der Waals surface area contributed by atoms with E-state index in [4.69, 9.17) is 0 Å². The van der Waals surface area contributed by atoms with E-state index in [9.17, 15) is 22.4 Å². The van der Waals surface area contributed by atoms with E-state index >= 15 is 0 Å². The Morgan fingerprint density at radius 1 is 1.09 bits per heavy atom. The summed E-state index contributed by atoms with van der Waals surface area (Å²) in [7, 11) is 0. The first-order chi connectivity index (χ1) is 16.7. The Hall–Kier alpha value is -3.63. The molecule has 2 saturated carbocycles. The summed E-state index contributed by atoms with van der Waals surface area (Å²) >= 11 is 0. The van der Waals surface area contributed by atoms with Gasteiger partial charge in [-0.2, -0.15) is 13.2 Å². The highest BCUT2D eigenvalue weighted by Gasteiger charge is 2.75. The van der Waals surface area contributed by atoms with Gasteiger partial charge in [0.1, 0.15) is 11.5 Å². The molecule has 0 radical (unpaired) electrons. The lowest BCUT2D eigenvalue weighted by atomic mass is 9.71. The fourth-order valence-corrected chi connectivity index (χ4v) is 5.69. The van der Waals surface area contributed by atoms with Crippen molar-refractivity contribution in [1.82, 2.24) is 24.8 Å². The first-order valence-corrected chi connectivity index (χ1v) is 11.2. The van der Waals surface area contributed by atoms with E-state index in [1.165, 1.54) is 6.07 Å². The van der Waals surface area contributed by atoms with E-state index in [0.717, 1.165) is 43.1 Å². The number of rotatable bonds is 4. The number of alkyl halides is 3. The topological polar surface area (TPSA) is 83.9 Å². The van der Waals surface area contributed by atoms with Crippen molar-refractivity contribution in [1.29, 1.82) is 0 Å². The smallest absolute Gasteiger partial charge is 0.365 e. The minimum atomic E-state index is -4.45. The number of carbonyl (C=O) groups excluding carboxylic acids is 1. The molecule has 0 aromatic carbocycles. The minimum absolute atomic E-state index is 0.0447. The molecule has 35 heavy (non-hydrogen) atoms. The molecule has 11 heteroatoms. The van der Waals surface area contributed by atoms with Gasteiger partial charge in [-0.25, -0.2) is 19.3 Å². The van der Waals surface area contributed by atoms with Crippen molar-refractivity contribution in [3.63, 3.8) is 0 Å². The Bertz CT molecular complexity index is 1310. The van der Waals surface area contributed by atoms with Gasteiger partial charge in [-0.15, -0.1) is 0 Å². The van der Waals surface area contributed by atoms with E-state index in [0.29, 0.717) is 23.8 Å². The molecule has 4 atom stereocenters. The van der Waals surface area contributed by atoms with Crippen molar-refractivity contribution in [2.45, 2.75) is 38.0 Å². The maximum atomic E-state index is 13.8. The second-order valence-corrected chi connectivity index (χ2v) is 9.56. The lowest BCUT2D eigenvalue weighted by molar-refractivity contribution is -0.137. The molecule has 3 aromatic rings. The van der Waals surface area contributed by atoms with Gasteiger partial charge in [0.2, 0.25) is 0 Å². The third-order valence-electron chi connectivity index (χ3n) is 7.37. The summed E-state index contributed by atoms with van der Waals surface area (Å²) in [5, 5.41) is 3.23. The van der Waals surface area contributed by atoms with Crippen molar-refractivity contribution < 1.29 is 22.4 Å². The molecule has 3 aromatic heterocycles. The van der Waals surface area contributed by atoms with Crippen molar-refractivity contribution in [2.24, 2.45) is 11.3 Å². The molecule has 7 nitrogen and oxygen atoms in total. The van der Waals surface area contributed by atoms with Crippen molar-refractivity contribution in [2.75, 3.05) is 11.9 Å². The average molecular weight is 484 g/mol. The highest BCUT2D eigenvalue weighted by atomic mass is 19.4. The van der Waals surface area contributed by atoms with Crippen LogP contribution in [0.4, 0.5) is 23.4 Å². The van der Waals surface area contributed by atoms with E-state index in [1.54, 1.807) is 12.3 Å². The number of hydrogen-bond donors (Lipinski definition) is 1. The minimum Gasteiger partial charge on any atom is -0.365 e. The van der Waals surface area contributed by atoms with E-state index in [2.05, 4.69) is 25.3 Å². The Morgan fingerprint density at radius 3 is 2.54 bits per heavy atom. The number of aromatic nitrogens is 4. The fraction of sp³-hybridized carbons (Fsp3) is 0.375. The Morgan fingerprint density at radius 2 is 1.86 bits per heavy atom. The summed E-state index contributed by atoms with van der Waals surface area (Å²) < 4.78 is 51.9. The van der Waals surface area contributed by atoms with Gasteiger partial charge in [0.25, 0.3) is 5.91 Å². The average Bonchev–Trinajstić information content (AvgIpc) is 3.47. The molecule has 1 spiro atoms. The summed E-state index contributed by atoms with van der Waals surface area (Å²) in [5.41, 5.74) is 0.643. The largest absolute Gasteiger partial charge is 0.417 e. The predicted octanol–water partition coefficient (Wildman–Crippen LogP) is 4.12. The summed E-state index contributed by atoms with van der Waals surface area (Å²) in [6, 6.07) is 3.81. The molecule has 3 aliphatic rings. The predicted molar refractivity (Wildman–Crippen MR) is 117 cm³/mol. The highest BCUT2D eigenvalue weighted by molar-refractivity contribution is 6.00. The van der Waals surface area contributed by atoms with Gasteiger partial charge in [-0.3, -0.25) is 9.78 Å². The maximum absolute atomic E-state index is 13.8. The van der Waals surface area contributed by atoms with Crippen LogP contribution in [-0.4, -0.2) is 49.4 Å². The van der Waals surface area contributed by atoms with Gasteiger partial charge in [-0.1, -0.05) is 0 Å². The number of nitrogens with zero attached hydrogens (tertiary/aromatic N) is 5. The molecular formula is C24H20F4N6O. The van der Waals surface area contributed by atoms with Crippen LogP contribution in [0, 0.1) is 24.1 Å². The molecule has 2 aliphatic carbocycles. The molecule has 4 heterocycles. The number of amides is 1. The number of pyridine rings is 2. The zero-order valence-corrected chi connectivity index (χ0v) is 18.6. The second-order valence-electron chi connectivity index (χ2n) is 9.56. The fourth-order valence-electron chi connectivity index (χ4n) is 5.69. The zero-order chi connectivity index (χ0) is 24.5. The van der Waals surface area contributed by atoms with Crippen molar-refractivity contribution in [3.05, 3.63) is 65.5 Å². The second kappa shape index (κ2) is 7.43. The quantitative estimate of drug-likeness (QED) is 0.561. The van der Waals surface area contributed by atoms with Gasteiger partial charge < -0.3 is 10.2 Å². The van der Waals surface area contributed by atoms with Crippen LogP contribution in [-0.2, 0) is 6.18 Å². The molecule has 1 aliphatic heterocycles. The summed E-state index contributed by atoms with van der Waals surface area (Å²) in [6.07, 6.45) is 1.88. The molecule has 180 valence electrons. The zero-order valence-electron chi connectivity index (χ0n) is 18.6. The first kappa shape index (κ1) is 21.9. The summed E-state index contributed by atoms with van der Waals surface area (Å²) in [6.45, 7) is 2.42. The molecular weight excluding hydrogens is 464 g/mol. The van der Waals surface area contributed by atoms with Crippen LogP contribution in [0.2, 0.25) is 0 Å². The Balaban J connectivity index is 1.27. The third-order valence-corrected chi connectivity index (χ3v) is 7.37. The molecule has 0 bridgehead atoms. The Labute approximate surface area is 197 Å². The number of hydrogen-bond acceptors (Lipinski definition) is 6. The van der Waals surface area contributed by atoms with Gasteiger partial charge in [0.15, 0.2) is 11.6 Å². The lowest BCUT2D eigenvalue weighted by Crippen LogP contribution is -2.60. The molecule has 3 unspecified atom stereocenters. The first-order valence-electron chi connectivity index (χ1n) is 11.2. The number of carbonyl (C=O) groups is 1. The number of anilines is 1. The molecule has 1 saturated heterocycles. The van der Waals surface area contributed by atoms with Crippen LogP contribution in [0.15, 0.2) is 43.0 Å². The monoisotopic (exact) mass is 484 g/mol. The van der Waals surface area contributed by atoms with Gasteiger partial charge in [0.05, 0.1) is 29.6 Å². The van der Waals surface area contributed by atoms with E-state index < -0.39 is 17.6 Å².